The van der Waals surface area contributed by atoms with E-state index < -0.39 is 0 Å². The molecular weight excluding hydrogens is 202 g/mol. The number of aromatic nitrogens is 1. The number of ether oxygens (including phenoxy) is 1. The zero-order valence-electron chi connectivity index (χ0n) is 9.05. The van der Waals surface area contributed by atoms with Crippen molar-refractivity contribution >= 4 is 0 Å². The maximum atomic E-state index is 9.09. The van der Waals surface area contributed by atoms with E-state index >= 15 is 0 Å². The highest BCUT2D eigenvalue weighted by atomic mass is 16.5. The normalized spacial score (nSPS) is 10.1. The van der Waals surface area contributed by atoms with Gasteiger partial charge in [-0.1, -0.05) is 18.2 Å². The van der Waals surface area contributed by atoms with Crippen LogP contribution in [-0.4, -0.2) is 10.1 Å². The van der Waals surface area contributed by atoms with Gasteiger partial charge in [-0.05, 0) is 25.1 Å². The van der Waals surface area contributed by atoms with E-state index in [-0.39, 0.29) is 6.61 Å². The Morgan fingerprint density at radius 1 is 1.19 bits per heavy atom. The van der Waals surface area contributed by atoms with Gasteiger partial charge in [-0.2, -0.15) is 0 Å². The molecule has 0 bridgehead atoms. The highest BCUT2D eigenvalue weighted by Gasteiger charge is 2.05. The van der Waals surface area contributed by atoms with Gasteiger partial charge in [-0.25, -0.2) is 0 Å². The lowest BCUT2D eigenvalue weighted by atomic mass is 10.2. The smallest absolute Gasteiger partial charge is 0.133 e. The van der Waals surface area contributed by atoms with Crippen LogP contribution in [0, 0.1) is 6.92 Å². The van der Waals surface area contributed by atoms with Crippen molar-refractivity contribution in [3.63, 3.8) is 0 Å². The molecule has 3 nitrogen and oxygen atoms in total. The molecule has 0 saturated heterocycles. The predicted octanol–water partition coefficient (Wildman–Crippen LogP) is 2.67. The Hall–Kier alpha value is -1.87. The quantitative estimate of drug-likeness (QED) is 0.855. The van der Waals surface area contributed by atoms with Crippen molar-refractivity contribution in [2.24, 2.45) is 0 Å². The van der Waals surface area contributed by atoms with Crippen LogP contribution < -0.4 is 4.74 Å². The minimum absolute atomic E-state index is 0.0716. The third kappa shape index (κ3) is 2.20. The summed E-state index contributed by atoms with van der Waals surface area (Å²) in [7, 11) is 0. The molecule has 0 aliphatic carbocycles. The summed E-state index contributed by atoms with van der Waals surface area (Å²) in [5, 5.41) is 9.09. The van der Waals surface area contributed by atoms with E-state index in [4.69, 9.17) is 9.84 Å². The first-order valence-corrected chi connectivity index (χ1v) is 5.09. The summed E-state index contributed by atoms with van der Waals surface area (Å²) in [4.78, 5) is 4.07. The summed E-state index contributed by atoms with van der Waals surface area (Å²) in [5.41, 5.74) is 1.52. The van der Waals surface area contributed by atoms with Crippen LogP contribution in [0.25, 0.3) is 0 Å². The average Bonchev–Trinajstić information content (AvgIpc) is 2.33. The van der Waals surface area contributed by atoms with Crippen molar-refractivity contribution in [3.8, 4) is 11.5 Å². The zero-order valence-corrected chi connectivity index (χ0v) is 9.05. The molecule has 1 N–H and O–H groups in total. The van der Waals surface area contributed by atoms with Gasteiger partial charge in [0.1, 0.15) is 11.5 Å². The second-order valence-corrected chi connectivity index (χ2v) is 3.45. The van der Waals surface area contributed by atoms with Gasteiger partial charge in [-0.15, -0.1) is 0 Å². The summed E-state index contributed by atoms with van der Waals surface area (Å²) < 4.78 is 5.70. The number of benzene rings is 1. The molecular formula is C13H13NO2. The Morgan fingerprint density at radius 3 is 2.62 bits per heavy atom. The first-order valence-electron chi connectivity index (χ1n) is 5.09. The van der Waals surface area contributed by atoms with E-state index in [0.717, 1.165) is 17.1 Å². The molecule has 0 aliphatic rings. The van der Waals surface area contributed by atoms with Crippen molar-refractivity contribution in [2.45, 2.75) is 13.5 Å². The van der Waals surface area contributed by atoms with E-state index in [1.165, 1.54) is 0 Å². The molecule has 0 amide bonds. The van der Waals surface area contributed by atoms with Crippen LogP contribution in [-0.2, 0) is 6.61 Å². The van der Waals surface area contributed by atoms with Gasteiger partial charge in [0.05, 0.1) is 12.3 Å². The molecule has 0 aliphatic heterocycles. The Morgan fingerprint density at radius 2 is 1.94 bits per heavy atom. The highest BCUT2D eigenvalue weighted by Crippen LogP contribution is 2.25. The predicted molar refractivity (Wildman–Crippen MR) is 61.4 cm³/mol. The van der Waals surface area contributed by atoms with Crippen LogP contribution >= 0.6 is 0 Å². The van der Waals surface area contributed by atoms with E-state index in [1.54, 1.807) is 12.3 Å². The van der Waals surface area contributed by atoms with Crippen molar-refractivity contribution in [1.29, 1.82) is 0 Å². The largest absolute Gasteiger partial charge is 0.457 e. The third-order valence-corrected chi connectivity index (χ3v) is 2.38. The van der Waals surface area contributed by atoms with Crippen LogP contribution in [0.4, 0.5) is 0 Å². The fourth-order valence-corrected chi connectivity index (χ4v) is 1.44. The Labute approximate surface area is 94.3 Å². The Balaban J connectivity index is 2.28. The number of hydrogen-bond acceptors (Lipinski definition) is 3. The second kappa shape index (κ2) is 4.77. The van der Waals surface area contributed by atoms with Crippen LogP contribution in [0.1, 0.15) is 11.3 Å². The molecule has 82 valence electrons. The molecule has 3 heteroatoms. The van der Waals surface area contributed by atoms with Crippen LogP contribution in [0.3, 0.4) is 0 Å². The van der Waals surface area contributed by atoms with Crippen molar-refractivity contribution in [1.82, 2.24) is 4.98 Å². The van der Waals surface area contributed by atoms with Crippen LogP contribution in [0.2, 0.25) is 0 Å². The van der Waals surface area contributed by atoms with Gasteiger partial charge in [0.15, 0.2) is 0 Å². The maximum Gasteiger partial charge on any atom is 0.133 e. The number of pyridine rings is 1. The maximum absolute atomic E-state index is 9.09. The summed E-state index contributed by atoms with van der Waals surface area (Å²) in [6, 6.07) is 11.3. The van der Waals surface area contributed by atoms with Crippen molar-refractivity contribution < 1.29 is 9.84 Å². The standard InChI is InChI=1S/C13H13NO2/c1-10-12(9-15)14-8-7-13(10)16-11-5-3-2-4-6-11/h2-8,15H,9H2,1H3. The summed E-state index contributed by atoms with van der Waals surface area (Å²) in [5.74, 6) is 1.51. The molecule has 0 unspecified atom stereocenters. The van der Waals surface area contributed by atoms with Gasteiger partial charge in [0, 0.05) is 11.8 Å². The molecule has 16 heavy (non-hydrogen) atoms. The molecule has 1 heterocycles. The minimum Gasteiger partial charge on any atom is -0.457 e. The number of aliphatic hydroxyl groups is 1. The molecule has 0 spiro atoms. The number of aliphatic hydroxyl groups excluding tert-OH is 1. The number of hydrogen-bond donors (Lipinski definition) is 1. The van der Waals surface area contributed by atoms with Crippen LogP contribution in [0.15, 0.2) is 42.6 Å². The molecule has 0 radical (unpaired) electrons. The van der Waals surface area contributed by atoms with E-state index in [2.05, 4.69) is 4.98 Å². The van der Waals surface area contributed by atoms with Gasteiger partial charge >= 0.3 is 0 Å². The molecule has 1 aromatic heterocycles. The van der Waals surface area contributed by atoms with E-state index in [9.17, 15) is 0 Å². The van der Waals surface area contributed by atoms with Crippen molar-refractivity contribution in [2.75, 3.05) is 0 Å². The fraction of sp³-hybridized carbons (Fsp3) is 0.154. The molecule has 0 atom stereocenters. The minimum atomic E-state index is -0.0716. The topological polar surface area (TPSA) is 42.4 Å². The number of nitrogens with zero attached hydrogens (tertiary/aromatic N) is 1. The lowest BCUT2D eigenvalue weighted by Crippen LogP contribution is -1.96. The van der Waals surface area contributed by atoms with Gasteiger partial charge in [-0.3, -0.25) is 4.98 Å². The highest BCUT2D eigenvalue weighted by molar-refractivity contribution is 5.38. The van der Waals surface area contributed by atoms with Crippen molar-refractivity contribution in [3.05, 3.63) is 53.9 Å². The fourth-order valence-electron chi connectivity index (χ4n) is 1.44. The zero-order chi connectivity index (χ0) is 11.4. The molecule has 1 aromatic carbocycles. The van der Waals surface area contributed by atoms with E-state index in [0.29, 0.717) is 5.69 Å². The first-order chi connectivity index (χ1) is 7.81. The second-order valence-electron chi connectivity index (χ2n) is 3.45. The summed E-state index contributed by atoms with van der Waals surface area (Å²) in [6.07, 6.45) is 1.64. The third-order valence-electron chi connectivity index (χ3n) is 2.38. The lowest BCUT2D eigenvalue weighted by Gasteiger charge is -2.10. The van der Waals surface area contributed by atoms with E-state index in [1.807, 2.05) is 37.3 Å². The Kier molecular flexibility index (Phi) is 3.17. The number of rotatable bonds is 3. The molecule has 0 saturated carbocycles. The SMILES string of the molecule is Cc1c(Oc2ccccc2)ccnc1CO. The molecule has 2 aromatic rings. The van der Waals surface area contributed by atoms with Gasteiger partial charge in [0.2, 0.25) is 0 Å². The average molecular weight is 215 g/mol. The molecule has 2 rings (SSSR count). The van der Waals surface area contributed by atoms with Gasteiger partial charge in [0.25, 0.3) is 0 Å². The van der Waals surface area contributed by atoms with Crippen LogP contribution in [0.5, 0.6) is 11.5 Å². The first kappa shape index (κ1) is 10.6. The van der Waals surface area contributed by atoms with Gasteiger partial charge < -0.3 is 9.84 Å². The lowest BCUT2D eigenvalue weighted by molar-refractivity contribution is 0.275. The Bertz CT molecular complexity index is 469. The molecule has 0 fully saturated rings. The number of para-hydroxylation sites is 1. The summed E-state index contributed by atoms with van der Waals surface area (Å²) in [6.45, 7) is 1.81. The monoisotopic (exact) mass is 215 g/mol. The summed E-state index contributed by atoms with van der Waals surface area (Å²) >= 11 is 0.